The van der Waals surface area contributed by atoms with Crippen molar-refractivity contribution in [1.82, 2.24) is 4.90 Å². The van der Waals surface area contributed by atoms with Crippen LogP contribution in [0.15, 0.2) is 30.3 Å². The number of amides is 1. The second kappa shape index (κ2) is 8.97. The molecule has 0 saturated carbocycles. The van der Waals surface area contributed by atoms with E-state index < -0.39 is 0 Å². The highest BCUT2D eigenvalue weighted by Gasteiger charge is 2.13. The van der Waals surface area contributed by atoms with Crippen LogP contribution in [0.3, 0.4) is 0 Å². The van der Waals surface area contributed by atoms with E-state index in [-0.39, 0.29) is 5.91 Å². The smallest absolute Gasteiger partial charge is 0.238 e. The van der Waals surface area contributed by atoms with Crippen molar-refractivity contribution in [3.05, 3.63) is 47.0 Å². The summed E-state index contributed by atoms with van der Waals surface area (Å²) < 4.78 is 16.7. The highest BCUT2D eigenvalue weighted by Crippen LogP contribution is 2.32. The largest absolute Gasteiger partial charge is 0.496 e. The maximum atomic E-state index is 12.4. The monoisotopic (exact) mass is 384 g/mol. The SMILES string of the molecule is COc1c(C)cc(CN(C)CC(=O)Nc2ccc3c(c2)OCCCO3)cc1C. The normalized spacial score (nSPS) is 13.2. The van der Waals surface area contributed by atoms with Gasteiger partial charge in [0.2, 0.25) is 5.91 Å². The van der Waals surface area contributed by atoms with Crippen LogP contribution in [-0.2, 0) is 11.3 Å². The van der Waals surface area contributed by atoms with Crippen LogP contribution in [0.2, 0.25) is 0 Å². The fourth-order valence-electron chi connectivity index (χ4n) is 3.51. The van der Waals surface area contributed by atoms with E-state index in [0.29, 0.717) is 37.7 Å². The van der Waals surface area contributed by atoms with Crippen molar-refractivity contribution < 1.29 is 19.0 Å². The molecule has 0 aromatic heterocycles. The summed E-state index contributed by atoms with van der Waals surface area (Å²) in [6.45, 7) is 6.30. The van der Waals surface area contributed by atoms with E-state index in [4.69, 9.17) is 14.2 Å². The number of hydrogen-bond acceptors (Lipinski definition) is 5. The Morgan fingerprint density at radius 2 is 1.79 bits per heavy atom. The number of hydrogen-bond donors (Lipinski definition) is 1. The fourth-order valence-corrected chi connectivity index (χ4v) is 3.51. The highest BCUT2D eigenvalue weighted by atomic mass is 16.5. The molecular formula is C22H28N2O4. The molecule has 0 radical (unpaired) electrons. The first-order valence-electron chi connectivity index (χ1n) is 9.48. The van der Waals surface area contributed by atoms with Crippen LogP contribution in [0.1, 0.15) is 23.1 Å². The summed E-state index contributed by atoms with van der Waals surface area (Å²) in [6.07, 6.45) is 0.853. The number of carbonyl (C=O) groups excluding carboxylic acids is 1. The molecule has 1 amide bonds. The Morgan fingerprint density at radius 1 is 1.11 bits per heavy atom. The maximum absolute atomic E-state index is 12.4. The zero-order valence-electron chi connectivity index (χ0n) is 17.0. The van der Waals surface area contributed by atoms with Gasteiger partial charge in [-0.15, -0.1) is 0 Å². The van der Waals surface area contributed by atoms with Crippen molar-refractivity contribution in [1.29, 1.82) is 0 Å². The lowest BCUT2D eigenvalue weighted by Crippen LogP contribution is -2.29. The molecule has 0 unspecified atom stereocenters. The molecule has 1 heterocycles. The molecule has 0 spiro atoms. The third-order valence-corrected chi connectivity index (χ3v) is 4.62. The third-order valence-electron chi connectivity index (χ3n) is 4.62. The summed E-state index contributed by atoms with van der Waals surface area (Å²) in [5.41, 5.74) is 4.06. The lowest BCUT2D eigenvalue weighted by molar-refractivity contribution is -0.117. The van der Waals surface area contributed by atoms with Gasteiger partial charge in [-0.1, -0.05) is 12.1 Å². The molecule has 1 aliphatic rings. The van der Waals surface area contributed by atoms with Gasteiger partial charge in [0.15, 0.2) is 11.5 Å². The minimum Gasteiger partial charge on any atom is -0.496 e. The molecule has 3 rings (SSSR count). The van der Waals surface area contributed by atoms with Crippen LogP contribution in [0.5, 0.6) is 17.2 Å². The first kappa shape index (κ1) is 20.0. The van der Waals surface area contributed by atoms with Gasteiger partial charge in [0, 0.05) is 24.7 Å². The fraction of sp³-hybridized carbons (Fsp3) is 0.409. The van der Waals surface area contributed by atoms with Crippen LogP contribution in [0, 0.1) is 13.8 Å². The zero-order valence-corrected chi connectivity index (χ0v) is 17.0. The number of methoxy groups -OCH3 is 1. The molecule has 0 saturated heterocycles. The van der Waals surface area contributed by atoms with E-state index in [2.05, 4.69) is 17.4 Å². The number of nitrogens with one attached hydrogen (secondary N) is 1. The van der Waals surface area contributed by atoms with E-state index in [1.54, 1.807) is 7.11 Å². The van der Waals surface area contributed by atoms with Gasteiger partial charge >= 0.3 is 0 Å². The van der Waals surface area contributed by atoms with Crippen LogP contribution >= 0.6 is 0 Å². The van der Waals surface area contributed by atoms with Crippen molar-refractivity contribution >= 4 is 11.6 Å². The molecule has 2 aromatic rings. The van der Waals surface area contributed by atoms with Gasteiger partial charge in [-0.25, -0.2) is 0 Å². The molecule has 2 aromatic carbocycles. The van der Waals surface area contributed by atoms with Crippen LogP contribution in [0.25, 0.3) is 0 Å². The standard InChI is InChI=1S/C22H28N2O4/c1-15-10-17(11-16(2)22(15)26-4)13-24(3)14-21(25)23-18-6-7-19-20(12-18)28-9-5-8-27-19/h6-7,10-12H,5,8-9,13-14H2,1-4H3,(H,23,25). The second-order valence-corrected chi connectivity index (χ2v) is 7.20. The lowest BCUT2D eigenvalue weighted by atomic mass is 10.1. The topological polar surface area (TPSA) is 60.0 Å². The number of benzene rings is 2. The van der Waals surface area contributed by atoms with Gasteiger partial charge in [-0.05, 0) is 49.7 Å². The Kier molecular flexibility index (Phi) is 6.41. The molecule has 0 aliphatic carbocycles. The van der Waals surface area contributed by atoms with Gasteiger partial charge in [0.05, 0.1) is 26.9 Å². The van der Waals surface area contributed by atoms with Crippen LogP contribution in [0.4, 0.5) is 5.69 Å². The molecule has 6 nitrogen and oxygen atoms in total. The zero-order chi connectivity index (χ0) is 20.1. The number of rotatable bonds is 6. The molecular weight excluding hydrogens is 356 g/mol. The average Bonchev–Trinajstić information content (AvgIpc) is 2.86. The summed E-state index contributed by atoms with van der Waals surface area (Å²) in [5, 5.41) is 2.93. The number of anilines is 1. The highest BCUT2D eigenvalue weighted by molar-refractivity contribution is 5.92. The van der Waals surface area contributed by atoms with Crippen molar-refractivity contribution in [2.75, 3.05) is 39.2 Å². The molecule has 0 fully saturated rings. The van der Waals surface area contributed by atoms with Crippen molar-refractivity contribution in [3.63, 3.8) is 0 Å². The minimum absolute atomic E-state index is 0.0704. The summed E-state index contributed by atoms with van der Waals surface area (Å²) in [6, 6.07) is 9.69. The van der Waals surface area contributed by atoms with Crippen molar-refractivity contribution in [3.8, 4) is 17.2 Å². The number of ether oxygens (including phenoxy) is 3. The predicted octanol–water partition coefficient (Wildman–Crippen LogP) is 3.54. The van der Waals surface area contributed by atoms with Gasteiger partial charge in [-0.2, -0.15) is 0 Å². The van der Waals surface area contributed by atoms with Gasteiger partial charge in [-0.3, -0.25) is 9.69 Å². The van der Waals surface area contributed by atoms with Crippen molar-refractivity contribution in [2.24, 2.45) is 0 Å². The van der Waals surface area contributed by atoms with E-state index in [9.17, 15) is 4.79 Å². The predicted molar refractivity (Wildman–Crippen MR) is 109 cm³/mol. The number of fused-ring (bicyclic) bond motifs is 1. The molecule has 0 atom stereocenters. The van der Waals surface area contributed by atoms with E-state index in [1.807, 2.05) is 44.0 Å². The molecule has 6 heteroatoms. The Hall–Kier alpha value is -2.73. The molecule has 28 heavy (non-hydrogen) atoms. The first-order chi connectivity index (χ1) is 13.5. The van der Waals surface area contributed by atoms with E-state index >= 15 is 0 Å². The Balaban J connectivity index is 1.58. The number of nitrogens with zero attached hydrogens (tertiary/aromatic N) is 1. The van der Waals surface area contributed by atoms with Crippen LogP contribution < -0.4 is 19.5 Å². The maximum Gasteiger partial charge on any atom is 0.238 e. The summed E-state index contributed by atoms with van der Waals surface area (Å²) >= 11 is 0. The summed E-state index contributed by atoms with van der Waals surface area (Å²) in [7, 11) is 3.62. The Bertz CT molecular complexity index is 827. The quantitative estimate of drug-likeness (QED) is 0.825. The second-order valence-electron chi connectivity index (χ2n) is 7.20. The van der Waals surface area contributed by atoms with Crippen LogP contribution in [-0.4, -0.2) is 44.7 Å². The lowest BCUT2D eigenvalue weighted by Gasteiger charge is -2.18. The Morgan fingerprint density at radius 3 is 2.46 bits per heavy atom. The third kappa shape index (κ3) is 4.95. The Labute approximate surface area is 166 Å². The number of aryl methyl sites for hydroxylation is 2. The minimum atomic E-state index is -0.0704. The summed E-state index contributed by atoms with van der Waals surface area (Å²) in [5.74, 6) is 2.24. The summed E-state index contributed by atoms with van der Waals surface area (Å²) in [4.78, 5) is 14.4. The molecule has 0 bridgehead atoms. The van der Waals surface area contributed by atoms with Gasteiger partial charge < -0.3 is 19.5 Å². The molecule has 150 valence electrons. The molecule has 1 aliphatic heterocycles. The van der Waals surface area contributed by atoms with Gasteiger partial charge in [0.25, 0.3) is 0 Å². The first-order valence-corrected chi connectivity index (χ1v) is 9.48. The van der Waals surface area contributed by atoms with Crippen molar-refractivity contribution in [2.45, 2.75) is 26.8 Å². The average molecular weight is 384 g/mol. The number of likely N-dealkylation sites (N-methyl/N-ethyl adjacent to an activating group) is 1. The van der Waals surface area contributed by atoms with Gasteiger partial charge in [0.1, 0.15) is 5.75 Å². The number of carbonyl (C=O) groups is 1. The van der Waals surface area contributed by atoms with E-state index in [0.717, 1.165) is 34.6 Å². The molecule has 1 N–H and O–H groups in total. The van der Waals surface area contributed by atoms with E-state index in [1.165, 1.54) is 0 Å².